The third-order valence-electron chi connectivity index (χ3n) is 1.70. The standard InChI is InChI=1S/C9H11ClO/c1-7-3-4-9(11-2)5-8(7)6-10/h3-5H,6H2,1-2H3. The molecule has 0 spiro atoms. The van der Waals surface area contributed by atoms with Gasteiger partial charge in [0.25, 0.3) is 0 Å². The third kappa shape index (κ3) is 1.87. The Balaban J connectivity index is 3.02. The molecule has 1 rings (SSSR count). The number of ether oxygens (including phenoxy) is 1. The van der Waals surface area contributed by atoms with Crippen LogP contribution in [-0.4, -0.2) is 7.11 Å². The van der Waals surface area contributed by atoms with E-state index in [-0.39, 0.29) is 0 Å². The van der Waals surface area contributed by atoms with E-state index in [1.54, 1.807) is 7.11 Å². The van der Waals surface area contributed by atoms with Crippen molar-refractivity contribution in [2.45, 2.75) is 12.8 Å². The van der Waals surface area contributed by atoms with Crippen LogP contribution in [0.5, 0.6) is 5.75 Å². The molecule has 1 nitrogen and oxygen atoms in total. The van der Waals surface area contributed by atoms with Crippen LogP contribution in [0.3, 0.4) is 0 Å². The summed E-state index contributed by atoms with van der Waals surface area (Å²) in [7, 11) is 1.66. The van der Waals surface area contributed by atoms with E-state index in [1.165, 1.54) is 5.56 Å². The molecule has 0 amide bonds. The van der Waals surface area contributed by atoms with Crippen LogP contribution >= 0.6 is 11.6 Å². The fourth-order valence-electron chi connectivity index (χ4n) is 0.919. The van der Waals surface area contributed by atoms with Gasteiger partial charge in [0, 0.05) is 5.88 Å². The third-order valence-corrected chi connectivity index (χ3v) is 1.99. The normalized spacial score (nSPS) is 9.73. The lowest BCUT2D eigenvalue weighted by molar-refractivity contribution is 0.414. The highest BCUT2D eigenvalue weighted by Gasteiger charge is 1.97. The largest absolute Gasteiger partial charge is 0.497 e. The Morgan fingerprint density at radius 3 is 2.73 bits per heavy atom. The van der Waals surface area contributed by atoms with Crippen LogP contribution in [-0.2, 0) is 5.88 Å². The number of hydrogen-bond donors (Lipinski definition) is 0. The number of alkyl halides is 1. The predicted octanol–water partition coefficient (Wildman–Crippen LogP) is 2.74. The minimum absolute atomic E-state index is 0.545. The quantitative estimate of drug-likeness (QED) is 0.621. The van der Waals surface area contributed by atoms with Gasteiger partial charge in [0.15, 0.2) is 0 Å². The molecule has 0 aliphatic heterocycles. The van der Waals surface area contributed by atoms with Gasteiger partial charge in [-0.05, 0) is 30.2 Å². The van der Waals surface area contributed by atoms with Crippen molar-refractivity contribution >= 4 is 11.6 Å². The predicted molar refractivity (Wildman–Crippen MR) is 47.3 cm³/mol. The zero-order valence-electron chi connectivity index (χ0n) is 6.73. The lowest BCUT2D eigenvalue weighted by atomic mass is 10.1. The summed E-state index contributed by atoms with van der Waals surface area (Å²) < 4.78 is 5.05. The molecule has 0 fully saturated rings. The SMILES string of the molecule is COc1ccc(C)c(CCl)c1. The molecule has 0 saturated heterocycles. The average molecular weight is 171 g/mol. The first-order chi connectivity index (χ1) is 5.27. The Hall–Kier alpha value is -0.690. The van der Waals surface area contributed by atoms with Crippen molar-refractivity contribution in [3.05, 3.63) is 29.3 Å². The van der Waals surface area contributed by atoms with Gasteiger partial charge in [0.2, 0.25) is 0 Å². The van der Waals surface area contributed by atoms with Crippen molar-refractivity contribution in [3.63, 3.8) is 0 Å². The highest BCUT2D eigenvalue weighted by molar-refractivity contribution is 6.17. The van der Waals surface area contributed by atoms with Crippen LogP contribution in [0.25, 0.3) is 0 Å². The van der Waals surface area contributed by atoms with E-state index in [0.717, 1.165) is 11.3 Å². The van der Waals surface area contributed by atoms with E-state index in [1.807, 2.05) is 25.1 Å². The summed E-state index contributed by atoms with van der Waals surface area (Å²) in [6.45, 7) is 2.04. The molecule has 2 heteroatoms. The zero-order chi connectivity index (χ0) is 8.27. The molecule has 1 aromatic rings. The van der Waals surface area contributed by atoms with E-state index in [4.69, 9.17) is 16.3 Å². The lowest BCUT2D eigenvalue weighted by Crippen LogP contribution is -1.87. The number of rotatable bonds is 2. The van der Waals surface area contributed by atoms with E-state index >= 15 is 0 Å². The van der Waals surface area contributed by atoms with Gasteiger partial charge in [0.1, 0.15) is 5.75 Å². The molecular weight excluding hydrogens is 160 g/mol. The average Bonchev–Trinajstić information content (AvgIpc) is 2.05. The summed E-state index contributed by atoms with van der Waals surface area (Å²) in [6, 6.07) is 5.91. The lowest BCUT2D eigenvalue weighted by Gasteiger charge is -2.04. The Labute approximate surface area is 71.9 Å². The molecule has 0 heterocycles. The first kappa shape index (κ1) is 8.41. The molecular formula is C9H11ClO. The molecule has 0 saturated carbocycles. The van der Waals surface area contributed by atoms with Gasteiger partial charge in [0.05, 0.1) is 7.11 Å². The maximum atomic E-state index is 5.71. The molecule has 0 radical (unpaired) electrons. The fourth-order valence-corrected chi connectivity index (χ4v) is 1.21. The van der Waals surface area contributed by atoms with E-state index in [0.29, 0.717) is 5.88 Å². The fraction of sp³-hybridized carbons (Fsp3) is 0.333. The number of benzene rings is 1. The van der Waals surface area contributed by atoms with Gasteiger partial charge < -0.3 is 4.74 Å². The van der Waals surface area contributed by atoms with Gasteiger partial charge in [-0.25, -0.2) is 0 Å². The molecule has 60 valence electrons. The molecule has 1 aromatic carbocycles. The first-order valence-corrected chi connectivity index (χ1v) is 4.01. The smallest absolute Gasteiger partial charge is 0.119 e. The van der Waals surface area contributed by atoms with Crippen LogP contribution in [0.15, 0.2) is 18.2 Å². The number of methoxy groups -OCH3 is 1. The Kier molecular flexibility index (Phi) is 2.77. The summed E-state index contributed by atoms with van der Waals surface area (Å²) in [5.74, 6) is 1.41. The van der Waals surface area contributed by atoms with E-state index in [9.17, 15) is 0 Å². The molecule has 0 aliphatic carbocycles. The summed E-state index contributed by atoms with van der Waals surface area (Å²) in [4.78, 5) is 0. The number of aryl methyl sites for hydroxylation is 1. The minimum Gasteiger partial charge on any atom is -0.497 e. The highest BCUT2D eigenvalue weighted by atomic mass is 35.5. The summed E-state index contributed by atoms with van der Waals surface area (Å²) >= 11 is 5.71. The van der Waals surface area contributed by atoms with Crippen molar-refractivity contribution in [1.82, 2.24) is 0 Å². The van der Waals surface area contributed by atoms with E-state index in [2.05, 4.69) is 0 Å². The highest BCUT2D eigenvalue weighted by Crippen LogP contribution is 2.18. The molecule has 0 aromatic heterocycles. The van der Waals surface area contributed by atoms with Gasteiger partial charge in [-0.2, -0.15) is 0 Å². The van der Waals surface area contributed by atoms with Crippen LogP contribution in [0, 0.1) is 6.92 Å². The van der Waals surface area contributed by atoms with Crippen molar-refractivity contribution in [1.29, 1.82) is 0 Å². The Bertz CT molecular complexity index is 245. The second-order valence-electron chi connectivity index (χ2n) is 2.43. The van der Waals surface area contributed by atoms with Crippen LogP contribution in [0.1, 0.15) is 11.1 Å². The molecule has 0 aliphatic rings. The molecule has 11 heavy (non-hydrogen) atoms. The Morgan fingerprint density at radius 1 is 1.45 bits per heavy atom. The maximum Gasteiger partial charge on any atom is 0.119 e. The van der Waals surface area contributed by atoms with Gasteiger partial charge in [-0.1, -0.05) is 6.07 Å². The van der Waals surface area contributed by atoms with Crippen LogP contribution < -0.4 is 4.74 Å². The second-order valence-corrected chi connectivity index (χ2v) is 2.69. The molecule has 0 N–H and O–H groups in total. The van der Waals surface area contributed by atoms with Crippen molar-refractivity contribution in [3.8, 4) is 5.75 Å². The van der Waals surface area contributed by atoms with Gasteiger partial charge in [-0.3, -0.25) is 0 Å². The maximum absolute atomic E-state index is 5.71. The summed E-state index contributed by atoms with van der Waals surface area (Å²) in [5.41, 5.74) is 2.34. The zero-order valence-corrected chi connectivity index (χ0v) is 7.48. The summed E-state index contributed by atoms with van der Waals surface area (Å²) in [5, 5.41) is 0. The van der Waals surface area contributed by atoms with Crippen LogP contribution in [0.4, 0.5) is 0 Å². The molecule has 0 atom stereocenters. The minimum atomic E-state index is 0.545. The number of hydrogen-bond acceptors (Lipinski definition) is 1. The topological polar surface area (TPSA) is 9.23 Å². The Morgan fingerprint density at radius 2 is 2.18 bits per heavy atom. The van der Waals surface area contributed by atoms with Gasteiger partial charge >= 0.3 is 0 Å². The molecule has 0 unspecified atom stereocenters. The van der Waals surface area contributed by atoms with Crippen molar-refractivity contribution in [2.24, 2.45) is 0 Å². The first-order valence-electron chi connectivity index (χ1n) is 3.47. The monoisotopic (exact) mass is 170 g/mol. The van der Waals surface area contributed by atoms with Crippen molar-refractivity contribution in [2.75, 3.05) is 7.11 Å². The van der Waals surface area contributed by atoms with Crippen LogP contribution in [0.2, 0.25) is 0 Å². The van der Waals surface area contributed by atoms with E-state index < -0.39 is 0 Å². The molecule has 0 bridgehead atoms. The van der Waals surface area contributed by atoms with Gasteiger partial charge in [-0.15, -0.1) is 11.6 Å². The second kappa shape index (κ2) is 3.63. The van der Waals surface area contributed by atoms with Crippen molar-refractivity contribution < 1.29 is 4.74 Å². The summed E-state index contributed by atoms with van der Waals surface area (Å²) in [6.07, 6.45) is 0. The number of halogens is 1.